The Kier molecular flexibility index (Phi) is 5.60. The van der Waals surface area contributed by atoms with E-state index in [0.29, 0.717) is 29.3 Å². The molecule has 2 fully saturated rings. The van der Waals surface area contributed by atoms with Crippen LogP contribution in [0.25, 0.3) is 0 Å². The maximum atomic E-state index is 13.6. The van der Waals surface area contributed by atoms with Gasteiger partial charge in [0.2, 0.25) is 0 Å². The van der Waals surface area contributed by atoms with Crippen LogP contribution in [0.15, 0.2) is 66.7 Å². The van der Waals surface area contributed by atoms with Crippen molar-refractivity contribution < 1.29 is 23.6 Å². The molecule has 0 radical (unpaired) electrons. The fourth-order valence-corrected chi connectivity index (χ4v) is 6.53. The van der Waals surface area contributed by atoms with Crippen molar-refractivity contribution in [3.8, 4) is 11.5 Å². The molecule has 2 saturated heterocycles. The van der Waals surface area contributed by atoms with Gasteiger partial charge in [-0.15, -0.1) is 0 Å². The van der Waals surface area contributed by atoms with Crippen LogP contribution >= 0.6 is 0 Å². The molecule has 3 aromatic rings. The van der Waals surface area contributed by atoms with Crippen LogP contribution in [0.3, 0.4) is 0 Å². The molecule has 1 N–H and O–H groups in total. The molecule has 8 nitrogen and oxygen atoms in total. The highest BCUT2D eigenvalue weighted by atomic mass is 19.1. The number of nitrogens with one attached hydrogen (secondary N) is 1. The molecule has 1 amide bonds. The average Bonchev–Trinajstić information content (AvgIpc) is 3.56. The Morgan fingerprint density at radius 3 is 2.68 bits per heavy atom. The van der Waals surface area contributed by atoms with E-state index in [9.17, 15) is 19.3 Å². The number of fused-ring (bicyclic) bond motifs is 4. The number of nitrogens with zero attached hydrogens (tertiary/aromatic N) is 2. The topological polar surface area (TPSA) is 93.9 Å². The van der Waals surface area contributed by atoms with Crippen molar-refractivity contribution >= 4 is 11.6 Å². The van der Waals surface area contributed by atoms with Gasteiger partial charge in [0, 0.05) is 28.8 Å². The summed E-state index contributed by atoms with van der Waals surface area (Å²) in [6, 6.07) is 17.4. The molecule has 1 spiro atoms. The van der Waals surface area contributed by atoms with E-state index in [4.69, 9.17) is 9.47 Å². The van der Waals surface area contributed by atoms with Gasteiger partial charge >= 0.3 is 0 Å². The van der Waals surface area contributed by atoms with E-state index >= 15 is 0 Å². The lowest BCUT2D eigenvalue weighted by molar-refractivity contribution is -0.534. The number of anilines is 1. The molecule has 0 bridgehead atoms. The number of ether oxygens (including phenoxy) is 2. The van der Waals surface area contributed by atoms with Gasteiger partial charge in [0.15, 0.2) is 17.0 Å². The number of halogens is 1. The first kappa shape index (κ1) is 23.4. The molecular weight excluding hydrogens is 477 g/mol. The van der Waals surface area contributed by atoms with E-state index in [-0.39, 0.29) is 29.3 Å². The number of hydrogen-bond acceptors (Lipinski definition) is 6. The minimum absolute atomic E-state index is 0.164. The second kappa shape index (κ2) is 8.85. The third-order valence-corrected chi connectivity index (χ3v) is 7.97. The van der Waals surface area contributed by atoms with E-state index < -0.39 is 17.5 Å². The van der Waals surface area contributed by atoms with E-state index in [1.807, 2.05) is 24.3 Å². The first-order valence-corrected chi connectivity index (χ1v) is 12.3. The Morgan fingerprint density at radius 1 is 1.14 bits per heavy atom. The molecule has 4 atom stereocenters. The number of rotatable bonds is 6. The predicted octanol–water partition coefficient (Wildman–Crippen LogP) is 4.47. The van der Waals surface area contributed by atoms with Crippen LogP contribution in [0.2, 0.25) is 0 Å². The summed E-state index contributed by atoms with van der Waals surface area (Å²) in [4.78, 5) is 28.1. The Hall–Kier alpha value is -3.98. The van der Waals surface area contributed by atoms with E-state index in [1.54, 1.807) is 30.3 Å². The molecule has 0 aromatic heterocycles. The molecule has 3 aromatic carbocycles. The van der Waals surface area contributed by atoms with E-state index in [1.165, 1.54) is 19.2 Å². The van der Waals surface area contributed by atoms with Crippen LogP contribution in [0.4, 0.5) is 10.1 Å². The molecule has 0 saturated carbocycles. The maximum absolute atomic E-state index is 13.6. The van der Waals surface area contributed by atoms with E-state index in [0.717, 1.165) is 24.0 Å². The summed E-state index contributed by atoms with van der Waals surface area (Å²) in [7, 11) is 1.52. The number of amides is 1. The van der Waals surface area contributed by atoms with Crippen LogP contribution in [-0.4, -0.2) is 41.5 Å². The average molecular weight is 504 g/mol. The molecule has 6 rings (SSSR count). The molecule has 0 aliphatic carbocycles. The standard InChI is InChI=1S/C28H26FN3O5/c1-36-24-15-18(10-13-23(24)37-16-17-8-11-19(29)12-9-17)25-22-7-4-14-31(22)28(26(25)32(34)35)20-5-2-3-6-21(20)30-27(28)33/h2-3,5-6,8-13,15,22,25-26H,4,7,14,16H2,1H3,(H,30,33)/t22-,25+,26+,28-/m0/s1. The van der Waals surface area contributed by atoms with Gasteiger partial charge in [-0.25, -0.2) is 4.39 Å². The Bertz CT molecular complexity index is 1380. The molecule has 0 unspecified atom stereocenters. The minimum Gasteiger partial charge on any atom is -0.493 e. The smallest absolute Gasteiger partial charge is 0.256 e. The summed E-state index contributed by atoms with van der Waals surface area (Å²) in [6.07, 6.45) is 1.62. The highest BCUT2D eigenvalue weighted by Crippen LogP contribution is 2.58. The summed E-state index contributed by atoms with van der Waals surface area (Å²) < 4.78 is 24.8. The lowest BCUT2D eigenvalue weighted by atomic mass is 9.77. The second-order valence-corrected chi connectivity index (χ2v) is 9.75. The summed E-state index contributed by atoms with van der Waals surface area (Å²) in [5.41, 5.74) is 1.47. The largest absolute Gasteiger partial charge is 0.493 e. The highest BCUT2D eigenvalue weighted by Gasteiger charge is 2.73. The molecule has 3 aliphatic rings. The second-order valence-electron chi connectivity index (χ2n) is 9.75. The molecule has 9 heteroatoms. The summed E-state index contributed by atoms with van der Waals surface area (Å²) >= 11 is 0. The van der Waals surface area contributed by atoms with Gasteiger partial charge in [0.05, 0.1) is 13.0 Å². The molecule has 37 heavy (non-hydrogen) atoms. The fraction of sp³-hybridized carbons (Fsp3) is 0.321. The van der Waals surface area contributed by atoms with Crippen LogP contribution in [0.5, 0.6) is 11.5 Å². The van der Waals surface area contributed by atoms with E-state index in [2.05, 4.69) is 10.2 Å². The number of carbonyl (C=O) groups is 1. The Balaban J connectivity index is 1.39. The van der Waals surface area contributed by atoms with Crippen molar-refractivity contribution in [2.24, 2.45) is 0 Å². The van der Waals surface area contributed by atoms with Gasteiger partial charge in [-0.05, 0) is 54.3 Å². The first-order valence-electron chi connectivity index (χ1n) is 12.3. The van der Waals surface area contributed by atoms with Crippen molar-refractivity contribution in [2.75, 3.05) is 19.0 Å². The van der Waals surface area contributed by atoms with Crippen molar-refractivity contribution in [1.29, 1.82) is 0 Å². The van der Waals surface area contributed by atoms with Crippen molar-refractivity contribution in [3.63, 3.8) is 0 Å². The van der Waals surface area contributed by atoms with Gasteiger partial charge < -0.3 is 14.8 Å². The third kappa shape index (κ3) is 3.48. The van der Waals surface area contributed by atoms with Crippen molar-refractivity contribution in [2.45, 2.75) is 43.0 Å². The monoisotopic (exact) mass is 503 g/mol. The lowest BCUT2D eigenvalue weighted by Crippen LogP contribution is -2.55. The van der Waals surface area contributed by atoms with Crippen molar-refractivity contribution in [1.82, 2.24) is 4.90 Å². The minimum atomic E-state index is -1.36. The molecule has 3 aliphatic heterocycles. The predicted molar refractivity (Wildman–Crippen MR) is 134 cm³/mol. The van der Waals surface area contributed by atoms with Gasteiger partial charge in [-0.1, -0.05) is 36.4 Å². The highest BCUT2D eigenvalue weighted by molar-refractivity contribution is 6.07. The first-order chi connectivity index (χ1) is 17.9. The molecular formula is C28H26FN3O5. The van der Waals surface area contributed by atoms with Crippen molar-refractivity contribution in [3.05, 3.63) is 99.4 Å². The van der Waals surface area contributed by atoms with Gasteiger partial charge in [0.25, 0.3) is 11.9 Å². The number of hydrogen-bond donors (Lipinski definition) is 1. The number of methoxy groups -OCH3 is 1. The molecule has 190 valence electrons. The number of para-hydroxylation sites is 1. The zero-order chi connectivity index (χ0) is 25.7. The third-order valence-electron chi connectivity index (χ3n) is 7.97. The summed E-state index contributed by atoms with van der Waals surface area (Å²) in [5, 5.41) is 15.7. The number of carbonyl (C=O) groups excluding carboxylic acids is 1. The van der Waals surface area contributed by atoms with Crippen LogP contribution in [-0.2, 0) is 16.9 Å². The maximum Gasteiger partial charge on any atom is 0.256 e. The molecule has 3 heterocycles. The zero-order valence-corrected chi connectivity index (χ0v) is 20.2. The normalized spacial score (nSPS) is 26.1. The Labute approximate surface area is 213 Å². The van der Waals surface area contributed by atoms with Gasteiger partial charge in [-0.2, -0.15) is 0 Å². The van der Waals surface area contributed by atoms with Crippen LogP contribution < -0.4 is 14.8 Å². The lowest BCUT2D eigenvalue weighted by Gasteiger charge is -2.32. The summed E-state index contributed by atoms with van der Waals surface area (Å²) in [5.74, 6) is -0.248. The van der Waals surface area contributed by atoms with Gasteiger partial charge in [0.1, 0.15) is 12.4 Å². The SMILES string of the molecule is COc1cc([C@@H]2[C@@H]3CCCN3[C@]3(C(=O)Nc4ccccc43)[C@@H]2[N+](=O)[O-])ccc1OCc1ccc(F)cc1. The summed E-state index contributed by atoms with van der Waals surface area (Å²) in [6.45, 7) is 0.830. The van der Waals surface area contributed by atoms with Crippen LogP contribution in [0, 0.1) is 15.9 Å². The number of nitro groups is 1. The number of benzene rings is 3. The quantitative estimate of drug-likeness (QED) is 0.394. The zero-order valence-electron chi connectivity index (χ0n) is 20.2. The van der Waals surface area contributed by atoms with Gasteiger partial charge in [-0.3, -0.25) is 19.8 Å². The Morgan fingerprint density at radius 2 is 1.92 bits per heavy atom. The fourth-order valence-electron chi connectivity index (χ4n) is 6.53. The van der Waals surface area contributed by atoms with Crippen LogP contribution in [0.1, 0.15) is 35.4 Å².